The number of benzene rings is 1. The lowest BCUT2D eigenvalue weighted by molar-refractivity contribution is -0.143. The molecule has 1 amide bonds. The van der Waals surface area contributed by atoms with E-state index in [2.05, 4.69) is 10.2 Å². The summed E-state index contributed by atoms with van der Waals surface area (Å²) in [5.74, 6) is -0.596. The lowest BCUT2D eigenvalue weighted by Crippen LogP contribution is -2.29. The topological polar surface area (TPSA) is 32.3 Å². The van der Waals surface area contributed by atoms with E-state index < -0.39 is 29.4 Å². The highest BCUT2D eigenvalue weighted by Crippen LogP contribution is 2.36. The quantitative estimate of drug-likeness (QED) is 0.475. The number of nitrogens with one attached hydrogen (secondary N) is 1. The van der Waals surface area contributed by atoms with Crippen molar-refractivity contribution in [3.8, 4) is 0 Å². The Balaban J connectivity index is 2.09. The fraction of sp³-hybridized carbons (Fsp3) is 0.389. The average molecular weight is 392 g/mol. The highest BCUT2D eigenvalue weighted by atomic mass is 19.4. The first-order valence-corrected chi connectivity index (χ1v) is 8.07. The van der Waals surface area contributed by atoms with E-state index in [1.54, 1.807) is 0 Å². The molecule has 0 radical (unpaired) electrons. The van der Waals surface area contributed by atoms with Gasteiger partial charge in [0, 0.05) is 25.7 Å². The molecule has 0 saturated heterocycles. The van der Waals surface area contributed by atoms with E-state index in [9.17, 15) is 31.1 Å². The van der Waals surface area contributed by atoms with Crippen molar-refractivity contribution in [1.29, 1.82) is 0 Å². The predicted octanol–water partition coefficient (Wildman–Crippen LogP) is 4.12. The molecule has 2 rings (SSSR count). The minimum absolute atomic E-state index is 0.0456. The van der Waals surface area contributed by atoms with Crippen molar-refractivity contribution in [1.82, 2.24) is 10.2 Å². The van der Waals surface area contributed by atoms with Crippen LogP contribution in [0.4, 0.5) is 26.3 Å². The van der Waals surface area contributed by atoms with E-state index >= 15 is 0 Å². The van der Waals surface area contributed by atoms with Crippen molar-refractivity contribution >= 4 is 12.0 Å². The molecule has 0 bridgehead atoms. The molecule has 0 aromatic heterocycles. The van der Waals surface area contributed by atoms with Crippen LogP contribution < -0.4 is 5.32 Å². The summed E-state index contributed by atoms with van der Waals surface area (Å²) in [5.41, 5.74) is -2.18. The first-order valence-electron chi connectivity index (χ1n) is 8.07. The van der Waals surface area contributed by atoms with Crippen LogP contribution in [-0.2, 0) is 17.1 Å². The maximum atomic E-state index is 12.8. The van der Waals surface area contributed by atoms with Crippen LogP contribution >= 0.6 is 0 Å². The number of halogens is 6. The van der Waals surface area contributed by atoms with Gasteiger partial charge in [0.15, 0.2) is 0 Å². The molecule has 27 heavy (non-hydrogen) atoms. The van der Waals surface area contributed by atoms with Crippen LogP contribution in [0.25, 0.3) is 6.08 Å². The summed E-state index contributed by atoms with van der Waals surface area (Å²) in [5, 5.41) is 2.57. The SMILES string of the molecule is CN1CC=C(CNC(=O)/C=C/c2cc(C(F)(F)F)cc(C(F)(F)F)c2)CC1. The second-order valence-electron chi connectivity index (χ2n) is 6.26. The summed E-state index contributed by atoms with van der Waals surface area (Å²) >= 11 is 0. The highest BCUT2D eigenvalue weighted by molar-refractivity contribution is 5.91. The summed E-state index contributed by atoms with van der Waals surface area (Å²) < 4.78 is 76.9. The molecule has 1 aromatic carbocycles. The maximum Gasteiger partial charge on any atom is 0.416 e. The fourth-order valence-corrected chi connectivity index (χ4v) is 2.48. The van der Waals surface area contributed by atoms with Gasteiger partial charge in [-0.15, -0.1) is 0 Å². The van der Waals surface area contributed by atoms with Gasteiger partial charge in [-0.2, -0.15) is 26.3 Å². The molecular weight excluding hydrogens is 374 g/mol. The van der Waals surface area contributed by atoms with Gasteiger partial charge < -0.3 is 10.2 Å². The van der Waals surface area contributed by atoms with Gasteiger partial charge in [0.1, 0.15) is 0 Å². The third kappa shape index (κ3) is 6.42. The molecule has 0 fully saturated rings. The Morgan fingerprint density at radius 3 is 2.19 bits per heavy atom. The Bertz CT molecular complexity index is 717. The first kappa shape index (κ1) is 21.0. The molecule has 0 saturated carbocycles. The van der Waals surface area contributed by atoms with Crippen LogP contribution in [0.3, 0.4) is 0 Å². The molecule has 1 heterocycles. The molecule has 0 aliphatic carbocycles. The molecule has 0 spiro atoms. The molecule has 0 unspecified atom stereocenters. The van der Waals surface area contributed by atoms with Crippen molar-refractivity contribution in [2.45, 2.75) is 18.8 Å². The van der Waals surface area contributed by atoms with E-state index in [1.807, 2.05) is 13.1 Å². The third-order valence-electron chi connectivity index (χ3n) is 4.03. The number of alkyl halides is 6. The first-order chi connectivity index (χ1) is 12.4. The van der Waals surface area contributed by atoms with Crippen LogP contribution in [0.2, 0.25) is 0 Å². The number of likely N-dealkylation sites (N-methyl/N-ethyl adjacent to an activating group) is 1. The van der Waals surface area contributed by atoms with Crippen LogP contribution in [0.5, 0.6) is 0 Å². The molecule has 1 aliphatic rings. The summed E-state index contributed by atoms with van der Waals surface area (Å²) in [4.78, 5) is 13.9. The van der Waals surface area contributed by atoms with Gasteiger partial charge in [-0.1, -0.05) is 11.6 Å². The zero-order chi connectivity index (χ0) is 20.2. The highest BCUT2D eigenvalue weighted by Gasteiger charge is 2.36. The molecule has 1 N–H and O–H groups in total. The zero-order valence-electron chi connectivity index (χ0n) is 14.4. The van der Waals surface area contributed by atoms with E-state index in [-0.39, 0.29) is 18.2 Å². The minimum atomic E-state index is -4.92. The van der Waals surface area contributed by atoms with Gasteiger partial charge in [0.25, 0.3) is 0 Å². The second-order valence-corrected chi connectivity index (χ2v) is 6.26. The lowest BCUT2D eigenvalue weighted by atomic mass is 10.0. The molecular formula is C18H18F6N2O. The number of hydrogen-bond acceptors (Lipinski definition) is 2. The maximum absolute atomic E-state index is 12.8. The van der Waals surface area contributed by atoms with E-state index in [4.69, 9.17) is 0 Å². The number of amides is 1. The predicted molar refractivity (Wildman–Crippen MR) is 88.7 cm³/mol. The smallest absolute Gasteiger partial charge is 0.349 e. The summed E-state index contributed by atoms with van der Waals surface area (Å²) in [7, 11) is 1.96. The molecule has 3 nitrogen and oxygen atoms in total. The Morgan fingerprint density at radius 1 is 1.11 bits per heavy atom. The molecule has 9 heteroatoms. The normalized spacial score (nSPS) is 16.5. The summed E-state index contributed by atoms with van der Waals surface area (Å²) in [6.07, 6.45) is -5.24. The van der Waals surface area contributed by atoms with Crippen LogP contribution in [0.1, 0.15) is 23.1 Å². The standard InChI is InChI=1S/C18H18F6N2O/c1-26-6-4-12(5-7-26)11-25-16(27)3-2-13-8-14(17(19,20)21)10-15(9-13)18(22,23)24/h2-4,8-10H,5-7,11H2,1H3,(H,25,27)/b3-2+. The van der Waals surface area contributed by atoms with Crippen molar-refractivity contribution < 1.29 is 31.1 Å². The number of hydrogen-bond donors (Lipinski definition) is 1. The van der Waals surface area contributed by atoms with E-state index in [0.717, 1.165) is 37.2 Å². The fourth-order valence-electron chi connectivity index (χ4n) is 2.48. The van der Waals surface area contributed by atoms with Crippen molar-refractivity contribution in [2.75, 3.05) is 26.7 Å². The third-order valence-corrected chi connectivity index (χ3v) is 4.03. The van der Waals surface area contributed by atoms with Crippen molar-refractivity contribution in [3.63, 3.8) is 0 Å². The number of carbonyl (C=O) groups excluding carboxylic acids is 1. The summed E-state index contributed by atoms with van der Waals surface area (Å²) in [6, 6.07) is 1.18. The number of rotatable bonds is 4. The largest absolute Gasteiger partial charge is 0.416 e. The number of carbonyl (C=O) groups is 1. The monoisotopic (exact) mass is 392 g/mol. The van der Waals surface area contributed by atoms with Gasteiger partial charge in [-0.05, 0) is 43.3 Å². The Morgan fingerprint density at radius 2 is 1.70 bits per heavy atom. The minimum Gasteiger partial charge on any atom is -0.349 e. The molecule has 148 valence electrons. The average Bonchev–Trinajstić information content (AvgIpc) is 2.57. The van der Waals surface area contributed by atoms with Gasteiger partial charge in [-0.3, -0.25) is 4.79 Å². The summed E-state index contributed by atoms with van der Waals surface area (Å²) in [6.45, 7) is 1.89. The zero-order valence-corrected chi connectivity index (χ0v) is 14.4. The Hall–Kier alpha value is -2.29. The van der Waals surface area contributed by atoms with Crippen molar-refractivity contribution in [2.24, 2.45) is 0 Å². The van der Waals surface area contributed by atoms with Gasteiger partial charge in [-0.25, -0.2) is 0 Å². The van der Waals surface area contributed by atoms with Crippen LogP contribution in [0, 0.1) is 0 Å². The van der Waals surface area contributed by atoms with Gasteiger partial charge >= 0.3 is 12.4 Å². The molecule has 1 aromatic rings. The van der Waals surface area contributed by atoms with E-state index in [1.165, 1.54) is 0 Å². The lowest BCUT2D eigenvalue weighted by Gasteiger charge is -2.21. The van der Waals surface area contributed by atoms with E-state index in [0.29, 0.717) is 12.1 Å². The van der Waals surface area contributed by atoms with Crippen LogP contribution in [0.15, 0.2) is 35.9 Å². The van der Waals surface area contributed by atoms with Crippen LogP contribution in [-0.4, -0.2) is 37.5 Å². The van der Waals surface area contributed by atoms with Gasteiger partial charge in [0.2, 0.25) is 5.91 Å². The Labute approximate surface area is 152 Å². The molecule has 1 aliphatic heterocycles. The van der Waals surface area contributed by atoms with Gasteiger partial charge in [0.05, 0.1) is 11.1 Å². The van der Waals surface area contributed by atoms with Crippen molar-refractivity contribution in [3.05, 3.63) is 52.6 Å². The molecule has 0 atom stereocenters. The number of nitrogens with zero attached hydrogens (tertiary/aromatic N) is 1. The second kappa shape index (κ2) is 8.16. The Kier molecular flexibility index (Phi) is 6.35.